The van der Waals surface area contributed by atoms with Gasteiger partial charge in [0, 0.05) is 0 Å². The van der Waals surface area contributed by atoms with E-state index < -0.39 is 0 Å². The summed E-state index contributed by atoms with van der Waals surface area (Å²) in [5.41, 5.74) is 0. The molecule has 0 saturated heterocycles. The number of carbonyl (C=O) groups is 1. The van der Waals surface area contributed by atoms with Gasteiger partial charge in [0.25, 0.3) is 0 Å². The van der Waals surface area contributed by atoms with E-state index in [0.29, 0.717) is 6.54 Å². The molecule has 0 bridgehead atoms. The van der Waals surface area contributed by atoms with Crippen molar-refractivity contribution in [1.29, 1.82) is 0 Å². The highest BCUT2D eigenvalue weighted by Gasteiger charge is 2.01. The van der Waals surface area contributed by atoms with E-state index in [1.807, 2.05) is 0 Å². The van der Waals surface area contributed by atoms with Gasteiger partial charge < -0.3 is 14.6 Å². The van der Waals surface area contributed by atoms with E-state index in [-0.39, 0.29) is 5.91 Å². The predicted octanol–water partition coefficient (Wildman–Crippen LogP) is 0.779. The van der Waals surface area contributed by atoms with Crippen LogP contribution in [-0.4, -0.2) is 44.6 Å². The summed E-state index contributed by atoms with van der Waals surface area (Å²) < 4.78 is 0.827. The van der Waals surface area contributed by atoms with Crippen LogP contribution in [0.3, 0.4) is 0 Å². The van der Waals surface area contributed by atoms with Crippen molar-refractivity contribution >= 4 is 5.91 Å². The summed E-state index contributed by atoms with van der Waals surface area (Å²) in [7, 11) is 6.19. The molecule has 0 aromatic rings. The van der Waals surface area contributed by atoms with Crippen molar-refractivity contribution in [3.63, 3.8) is 0 Å². The van der Waals surface area contributed by atoms with Crippen LogP contribution in [0.4, 0.5) is 0 Å². The SMILES string of the molecule is C=CC(=O)[N-]CC[N+](C)(C)C. The average molecular weight is 156 g/mol. The van der Waals surface area contributed by atoms with Gasteiger partial charge in [0.2, 0.25) is 0 Å². The summed E-state index contributed by atoms with van der Waals surface area (Å²) in [6.07, 6.45) is 1.23. The highest BCUT2D eigenvalue weighted by molar-refractivity contribution is 5.98. The maximum absolute atomic E-state index is 10.6. The number of hydrogen-bond acceptors (Lipinski definition) is 1. The van der Waals surface area contributed by atoms with Gasteiger partial charge >= 0.3 is 0 Å². The Bertz CT molecular complexity index is 147. The molecular weight excluding hydrogens is 140 g/mol. The molecule has 0 aromatic carbocycles. The molecule has 0 aromatic heterocycles. The molecule has 1 amide bonds. The molecule has 11 heavy (non-hydrogen) atoms. The van der Waals surface area contributed by atoms with Crippen molar-refractivity contribution in [2.24, 2.45) is 0 Å². The second-order valence-electron chi connectivity index (χ2n) is 3.44. The van der Waals surface area contributed by atoms with E-state index in [1.54, 1.807) is 0 Å². The van der Waals surface area contributed by atoms with Crippen molar-refractivity contribution in [3.8, 4) is 0 Å². The molecule has 0 spiro atoms. The first-order valence-electron chi connectivity index (χ1n) is 3.60. The zero-order valence-corrected chi connectivity index (χ0v) is 7.50. The van der Waals surface area contributed by atoms with Crippen LogP contribution in [0.15, 0.2) is 12.7 Å². The van der Waals surface area contributed by atoms with Crippen molar-refractivity contribution in [2.75, 3.05) is 34.2 Å². The van der Waals surface area contributed by atoms with E-state index in [4.69, 9.17) is 0 Å². The maximum Gasteiger partial charge on any atom is 0.0742 e. The Morgan fingerprint density at radius 2 is 2.09 bits per heavy atom. The molecular formula is C8H16N2O. The van der Waals surface area contributed by atoms with Gasteiger partial charge in [-0.25, -0.2) is 0 Å². The lowest BCUT2D eigenvalue weighted by atomic mass is 10.5. The molecule has 0 unspecified atom stereocenters. The first-order chi connectivity index (χ1) is 4.95. The van der Waals surface area contributed by atoms with Crippen LogP contribution in [0.2, 0.25) is 0 Å². The number of hydrogen-bond donors (Lipinski definition) is 0. The van der Waals surface area contributed by atoms with Gasteiger partial charge in [0.1, 0.15) is 0 Å². The number of carbonyl (C=O) groups excluding carboxylic acids is 1. The quantitative estimate of drug-likeness (QED) is 0.437. The Hall–Kier alpha value is -0.830. The predicted molar refractivity (Wildman–Crippen MR) is 46.3 cm³/mol. The standard InChI is InChI=1S/C8H16N2O/c1-5-8(11)9-6-7-10(2,3)4/h5H,1,6-7H2,2-4H3. The zero-order chi connectivity index (χ0) is 8.91. The summed E-state index contributed by atoms with van der Waals surface area (Å²) in [5, 5.41) is 3.76. The third-order valence-corrected chi connectivity index (χ3v) is 1.21. The topological polar surface area (TPSA) is 31.2 Å². The summed E-state index contributed by atoms with van der Waals surface area (Å²) >= 11 is 0. The molecule has 64 valence electrons. The molecule has 0 heterocycles. The van der Waals surface area contributed by atoms with E-state index in [2.05, 4.69) is 33.0 Å². The third kappa shape index (κ3) is 7.06. The van der Waals surface area contributed by atoms with Crippen molar-refractivity contribution in [3.05, 3.63) is 18.0 Å². The molecule has 0 N–H and O–H groups in total. The zero-order valence-electron chi connectivity index (χ0n) is 7.50. The highest BCUT2D eigenvalue weighted by atomic mass is 16.1. The van der Waals surface area contributed by atoms with Crippen LogP contribution in [-0.2, 0) is 4.79 Å². The van der Waals surface area contributed by atoms with E-state index in [0.717, 1.165) is 11.0 Å². The van der Waals surface area contributed by atoms with Crippen LogP contribution in [0.1, 0.15) is 0 Å². The van der Waals surface area contributed by atoms with Gasteiger partial charge in [-0.2, -0.15) is 0 Å². The number of likely N-dealkylation sites (N-methyl/N-ethyl adjacent to an activating group) is 1. The molecule has 0 atom stereocenters. The smallest absolute Gasteiger partial charge is 0.0742 e. The largest absolute Gasteiger partial charge is 0.645 e. The molecule has 3 nitrogen and oxygen atoms in total. The normalized spacial score (nSPS) is 10.8. The van der Waals surface area contributed by atoms with Gasteiger partial charge in [-0.15, -0.1) is 0 Å². The molecule has 0 fully saturated rings. The summed E-state index contributed by atoms with van der Waals surface area (Å²) in [6, 6.07) is 0. The molecule has 0 aliphatic heterocycles. The Morgan fingerprint density at radius 1 is 1.55 bits per heavy atom. The van der Waals surface area contributed by atoms with Crippen molar-refractivity contribution < 1.29 is 9.28 Å². The lowest BCUT2D eigenvalue weighted by molar-refractivity contribution is -0.868. The Morgan fingerprint density at radius 3 is 2.45 bits per heavy atom. The number of rotatable bonds is 4. The van der Waals surface area contributed by atoms with Gasteiger partial charge in [-0.1, -0.05) is 13.1 Å². The third-order valence-electron chi connectivity index (χ3n) is 1.21. The molecule has 0 saturated carbocycles. The monoisotopic (exact) mass is 156 g/mol. The second-order valence-corrected chi connectivity index (χ2v) is 3.44. The minimum absolute atomic E-state index is 0.224. The molecule has 0 aliphatic rings. The fraction of sp³-hybridized carbons (Fsp3) is 0.625. The number of nitrogens with zero attached hydrogens (tertiary/aromatic N) is 2. The summed E-state index contributed by atoms with van der Waals surface area (Å²) in [5.74, 6) is -0.224. The van der Waals surface area contributed by atoms with Gasteiger partial charge in [-0.05, 0) is 6.08 Å². The average Bonchev–Trinajstić information content (AvgIpc) is 1.85. The second kappa shape index (κ2) is 4.13. The van der Waals surface area contributed by atoms with Gasteiger partial charge in [-0.3, -0.25) is 0 Å². The number of quaternary nitrogens is 1. The Balaban J connectivity index is 3.42. The van der Waals surface area contributed by atoms with Crippen LogP contribution in [0.25, 0.3) is 5.32 Å². The minimum Gasteiger partial charge on any atom is -0.645 e. The first kappa shape index (κ1) is 10.2. The van der Waals surface area contributed by atoms with E-state index >= 15 is 0 Å². The Kier molecular flexibility index (Phi) is 3.82. The fourth-order valence-electron chi connectivity index (χ4n) is 0.525. The van der Waals surface area contributed by atoms with E-state index in [1.165, 1.54) is 6.08 Å². The number of amides is 1. The van der Waals surface area contributed by atoms with Crippen LogP contribution < -0.4 is 0 Å². The molecule has 3 heteroatoms. The van der Waals surface area contributed by atoms with Gasteiger partial charge in [0.05, 0.1) is 33.6 Å². The van der Waals surface area contributed by atoms with E-state index in [9.17, 15) is 4.79 Å². The summed E-state index contributed by atoms with van der Waals surface area (Å²) in [6.45, 7) is 4.78. The van der Waals surface area contributed by atoms with Crippen molar-refractivity contribution in [2.45, 2.75) is 0 Å². The lowest BCUT2D eigenvalue weighted by Gasteiger charge is -2.27. The maximum atomic E-state index is 10.6. The molecule has 0 aliphatic carbocycles. The minimum atomic E-state index is -0.224. The van der Waals surface area contributed by atoms with Crippen LogP contribution in [0.5, 0.6) is 0 Å². The molecule has 0 radical (unpaired) electrons. The van der Waals surface area contributed by atoms with Crippen molar-refractivity contribution in [1.82, 2.24) is 0 Å². The van der Waals surface area contributed by atoms with Crippen LogP contribution >= 0.6 is 0 Å². The fourth-order valence-corrected chi connectivity index (χ4v) is 0.525. The molecule has 0 rings (SSSR count). The summed E-state index contributed by atoms with van der Waals surface area (Å²) in [4.78, 5) is 10.6. The first-order valence-corrected chi connectivity index (χ1v) is 3.60. The lowest BCUT2D eigenvalue weighted by Crippen LogP contribution is -2.37. The van der Waals surface area contributed by atoms with Gasteiger partial charge in [0.15, 0.2) is 0 Å². The highest BCUT2D eigenvalue weighted by Crippen LogP contribution is 1.94. The Labute approximate surface area is 68.3 Å². The van der Waals surface area contributed by atoms with Crippen LogP contribution in [0, 0.1) is 0 Å².